The van der Waals surface area contributed by atoms with Gasteiger partial charge in [0.2, 0.25) is 0 Å². The summed E-state index contributed by atoms with van der Waals surface area (Å²) in [6, 6.07) is 0.390. The summed E-state index contributed by atoms with van der Waals surface area (Å²) in [5.74, 6) is 1.62. The van der Waals surface area contributed by atoms with Crippen molar-refractivity contribution in [1.82, 2.24) is 20.7 Å². The second-order valence-corrected chi connectivity index (χ2v) is 5.35. The van der Waals surface area contributed by atoms with E-state index in [9.17, 15) is 0 Å². The van der Waals surface area contributed by atoms with E-state index in [-0.39, 0.29) is 0 Å². The second kappa shape index (κ2) is 6.15. The summed E-state index contributed by atoms with van der Waals surface area (Å²) in [4.78, 5) is 0. The van der Waals surface area contributed by atoms with Crippen LogP contribution >= 0.6 is 0 Å². The van der Waals surface area contributed by atoms with E-state index < -0.39 is 0 Å². The molecule has 1 heterocycles. The van der Waals surface area contributed by atoms with Gasteiger partial charge in [-0.05, 0) is 37.6 Å². The first-order valence-corrected chi connectivity index (χ1v) is 6.90. The lowest BCUT2D eigenvalue weighted by molar-refractivity contribution is 0.229. The summed E-state index contributed by atoms with van der Waals surface area (Å²) < 4.78 is 0. The molecule has 1 aliphatic rings. The molecular weight excluding hydrogens is 212 g/mol. The minimum absolute atomic E-state index is 0.390. The van der Waals surface area contributed by atoms with Crippen molar-refractivity contribution in [3.8, 4) is 0 Å². The topological polar surface area (TPSA) is 53.6 Å². The summed E-state index contributed by atoms with van der Waals surface area (Å²) >= 11 is 0. The molecule has 1 aliphatic carbocycles. The molecule has 0 radical (unpaired) electrons. The van der Waals surface area contributed by atoms with Crippen molar-refractivity contribution in [3.63, 3.8) is 0 Å². The quantitative estimate of drug-likeness (QED) is 0.826. The highest BCUT2D eigenvalue weighted by Gasteiger charge is 2.28. The fourth-order valence-electron chi connectivity index (χ4n) is 2.79. The zero-order chi connectivity index (χ0) is 12.1. The molecule has 4 heteroatoms. The highest BCUT2D eigenvalue weighted by Crippen LogP contribution is 2.35. The average Bonchev–Trinajstić information content (AvgIpc) is 2.85. The van der Waals surface area contributed by atoms with Crippen LogP contribution in [0.15, 0.2) is 6.20 Å². The third kappa shape index (κ3) is 3.28. The van der Waals surface area contributed by atoms with E-state index >= 15 is 0 Å². The molecule has 1 unspecified atom stereocenters. The van der Waals surface area contributed by atoms with Crippen molar-refractivity contribution in [2.75, 3.05) is 6.54 Å². The number of nitrogens with zero attached hydrogens (tertiary/aromatic N) is 2. The third-order valence-corrected chi connectivity index (χ3v) is 3.90. The third-order valence-electron chi connectivity index (χ3n) is 3.90. The summed E-state index contributed by atoms with van der Waals surface area (Å²) in [7, 11) is 0. The number of aromatic nitrogens is 3. The molecule has 1 fully saturated rings. The number of hydrogen-bond donors (Lipinski definition) is 2. The summed E-state index contributed by atoms with van der Waals surface area (Å²) in [6.45, 7) is 5.63. The molecule has 2 N–H and O–H groups in total. The van der Waals surface area contributed by atoms with E-state index in [0.717, 1.165) is 30.5 Å². The van der Waals surface area contributed by atoms with E-state index in [0.29, 0.717) is 6.04 Å². The number of hydrogen-bond acceptors (Lipinski definition) is 3. The lowest BCUT2D eigenvalue weighted by Gasteiger charge is -2.32. The van der Waals surface area contributed by atoms with Gasteiger partial charge in [0.1, 0.15) is 0 Å². The van der Waals surface area contributed by atoms with E-state index in [4.69, 9.17) is 0 Å². The van der Waals surface area contributed by atoms with Gasteiger partial charge in [0, 0.05) is 0 Å². The van der Waals surface area contributed by atoms with Gasteiger partial charge in [-0.3, -0.25) is 0 Å². The highest BCUT2D eigenvalue weighted by atomic mass is 15.3. The van der Waals surface area contributed by atoms with Crippen LogP contribution in [-0.4, -0.2) is 22.0 Å². The molecule has 0 aliphatic heterocycles. The molecule has 0 bridgehead atoms. The molecule has 2 rings (SSSR count). The molecule has 17 heavy (non-hydrogen) atoms. The van der Waals surface area contributed by atoms with Crippen LogP contribution in [0.1, 0.15) is 57.7 Å². The van der Waals surface area contributed by atoms with Gasteiger partial charge in [-0.15, -0.1) is 0 Å². The van der Waals surface area contributed by atoms with Crippen LogP contribution in [0.3, 0.4) is 0 Å². The van der Waals surface area contributed by atoms with Gasteiger partial charge < -0.3 is 5.32 Å². The maximum absolute atomic E-state index is 4.27. The van der Waals surface area contributed by atoms with E-state index in [1.165, 1.54) is 25.7 Å². The Morgan fingerprint density at radius 3 is 2.76 bits per heavy atom. The van der Waals surface area contributed by atoms with Crippen molar-refractivity contribution in [2.24, 2.45) is 11.8 Å². The SMILES string of the molecule is CCCNC(c1cn[nH]n1)C1CCC(C)CC1. The van der Waals surface area contributed by atoms with Gasteiger partial charge in [-0.1, -0.05) is 26.7 Å². The number of nitrogens with one attached hydrogen (secondary N) is 2. The average molecular weight is 236 g/mol. The molecule has 96 valence electrons. The molecule has 1 atom stereocenters. The first-order chi connectivity index (χ1) is 8.31. The van der Waals surface area contributed by atoms with Crippen LogP contribution in [-0.2, 0) is 0 Å². The fourth-order valence-corrected chi connectivity index (χ4v) is 2.79. The Hall–Kier alpha value is -0.900. The minimum atomic E-state index is 0.390. The molecule has 1 saturated carbocycles. The van der Waals surface area contributed by atoms with Crippen molar-refractivity contribution in [3.05, 3.63) is 11.9 Å². The van der Waals surface area contributed by atoms with Gasteiger partial charge in [0.15, 0.2) is 0 Å². The standard InChI is InChI=1S/C13H24N4/c1-3-8-14-13(12-9-15-17-16-12)11-6-4-10(2)5-7-11/h9-11,13-14H,3-8H2,1-2H3,(H,15,16,17). The van der Waals surface area contributed by atoms with E-state index in [2.05, 4.69) is 34.6 Å². The normalized spacial score (nSPS) is 26.9. The van der Waals surface area contributed by atoms with Crippen molar-refractivity contribution >= 4 is 0 Å². The predicted molar refractivity (Wildman–Crippen MR) is 68.5 cm³/mol. The lowest BCUT2D eigenvalue weighted by atomic mass is 9.78. The van der Waals surface area contributed by atoms with Gasteiger partial charge in [-0.2, -0.15) is 15.4 Å². The highest BCUT2D eigenvalue weighted by molar-refractivity contribution is 5.02. The Morgan fingerprint density at radius 1 is 1.41 bits per heavy atom. The minimum Gasteiger partial charge on any atom is -0.308 e. The first-order valence-electron chi connectivity index (χ1n) is 6.90. The predicted octanol–water partition coefficient (Wildman–Crippen LogP) is 2.67. The van der Waals surface area contributed by atoms with Crippen molar-refractivity contribution in [2.45, 2.75) is 52.0 Å². The second-order valence-electron chi connectivity index (χ2n) is 5.35. The largest absolute Gasteiger partial charge is 0.308 e. The molecule has 1 aromatic rings. The lowest BCUT2D eigenvalue weighted by Crippen LogP contribution is -2.31. The van der Waals surface area contributed by atoms with Gasteiger partial charge >= 0.3 is 0 Å². The number of H-pyrrole nitrogens is 1. The Kier molecular flexibility index (Phi) is 4.54. The molecule has 0 spiro atoms. The Labute approximate surface area is 104 Å². The van der Waals surface area contributed by atoms with Crippen LogP contribution in [0.25, 0.3) is 0 Å². The van der Waals surface area contributed by atoms with E-state index in [1.807, 2.05) is 6.20 Å². The summed E-state index contributed by atoms with van der Waals surface area (Å²) in [5, 5.41) is 14.6. The fraction of sp³-hybridized carbons (Fsp3) is 0.846. The maximum atomic E-state index is 4.27. The van der Waals surface area contributed by atoms with E-state index in [1.54, 1.807) is 0 Å². The Bertz CT molecular complexity index is 301. The molecule has 1 aromatic heterocycles. The first kappa shape index (κ1) is 12.6. The van der Waals surface area contributed by atoms with Gasteiger partial charge in [-0.25, -0.2) is 0 Å². The number of aromatic amines is 1. The van der Waals surface area contributed by atoms with Crippen LogP contribution in [0.4, 0.5) is 0 Å². The molecule has 4 nitrogen and oxygen atoms in total. The summed E-state index contributed by atoms with van der Waals surface area (Å²) in [6.07, 6.45) is 8.37. The smallest absolute Gasteiger partial charge is 0.0996 e. The van der Waals surface area contributed by atoms with Crippen LogP contribution in [0.2, 0.25) is 0 Å². The molecule has 0 aromatic carbocycles. The monoisotopic (exact) mass is 236 g/mol. The molecular formula is C13H24N4. The van der Waals surface area contributed by atoms with Gasteiger partial charge in [0.05, 0.1) is 17.9 Å². The van der Waals surface area contributed by atoms with Crippen molar-refractivity contribution in [1.29, 1.82) is 0 Å². The molecule has 0 saturated heterocycles. The van der Waals surface area contributed by atoms with Crippen molar-refractivity contribution < 1.29 is 0 Å². The van der Waals surface area contributed by atoms with Crippen LogP contribution < -0.4 is 5.32 Å². The van der Waals surface area contributed by atoms with Crippen LogP contribution in [0, 0.1) is 11.8 Å². The van der Waals surface area contributed by atoms with Gasteiger partial charge in [0.25, 0.3) is 0 Å². The zero-order valence-electron chi connectivity index (χ0n) is 10.9. The summed E-state index contributed by atoms with van der Waals surface area (Å²) in [5.41, 5.74) is 1.08. The maximum Gasteiger partial charge on any atom is 0.0996 e. The Morgan fingerprint density at radius 2 is 2.18 bits per heavy atom. The van der Waals surface area contributed by atoms with Crippen LogP contribution in [0.5, 0.6) is 0 Å². The number of rotatable bonds is 5. The Balaban J connectivity index is 2.00. The zero-order valence-corrected chi connectivity index (χ0v) is 10.9. The molecule has 0 amide bonds.